The van der Waals surface area contributed by atoms with Crippen LogP contribution in [0.5, 0.6) is 5.75 Å². The number of rotatable bonds is 6. The van der Waals surface area contributed by atoms with Crippen molar-refractivity contribution in [2.75, 3.05) is 12.9 Å². The molecule has 1 aromatic heterocycles. The molecule has 1 heterocycles. The minimum absolute atomic E-state index is 0.0111. The van der Waals surface area contributed by atoms with Gasteiger partial charge in [0.15, 0.2) is 11.5 Å². The molecule has 0 N–H and O–H groups in total. The quantitative estimate of drug-likeness (QED) is 0.592. The molecule has 0 radical (unpaired) electrons. The number of hydrogen-bond donors (Lipinski definition) is 0. The number of carbonyl (C=O) groups is 1. The summed E-state index contributed by atoms with van der Waals surface area (Å²) in [4.78, 5) is 13.4. The molecular formula is C15H17ClN2O2S. The average Bonchev–Trinajstić information content (AvgIpc) is 2.89. The van der Waals surface area contributed by atoms with Crippen LogP contribution in [0.25, 0.3) is 0 Å². The van der Waals surface area contributed by atoms with Gasteiger partial charge in [0, 0.05) is 16.0 Å². The second-order valence-corrected chi connectivity index (χ2v) is 6.25. The van der Waals surface area contributed by atoms with Crippen molar-refractivity contribution >= 4 is 29.1 Å². The zero-order valence-corrected chi connectivity index (χ0v) is 13.7. The summed E-state index contributed by atoms with van der Waals surface area (Å²) in [6.45, 7) is 3.96. The van der Waals surface area contributed by atoms with E-state index in [0.717, 1.165) is 4.90 Å². The molecule has 2 rings (SSSR count). The number of hydrogen-bond acceptors (Lipinski definition) is 4. The Balaban J connectivity index is 2.15. The van der Waals surface area contributed by atoms with Crippen LogP contribution < -0.4 is 4.74 Å². The largest absolute Gasteiger partial charge is 0.493 e. The van der Waals surface area contributed by atoms with Crippen LogP contribution in [0.4, 0.5) is 0 Å². The molecular weight excluding hydrogens is 308 g/mol. The van der Waals surface area contributed by atoms with E-state index in [1.54, 1.807) is 18.0 Å². The Kier molecular flexibility index (Phi) is 5.31. The molecule has 21 heavy (non-hydrogen) atoms. The predicted octanol–water partition coefficient (Wildman–Crippen LogP) is 4.10. The zero-order valence-electron chi connectivity index (χ0n) is 12.2. The molecule has 0 saturated heterocycles. The van der Waals surface area contributed by atoms with E-state index in [2.05, 4.69) is 5.10 Å². The number of thioether (sulfide) groups is 1. The number of methoxy groups -OCH3 is 1. The van der Waals surface area contributed by atoms with Gasteiger partial charge in [0.2, 0.25) is 0 Å². The van der Waals surface area contributed by atoms with Gasteiger partial charge in [-0.05, 0) is 32.0 Å². The highest BCUT2D eigenvalue weighted by Crippen LogP contribution is 2.26. The standard InChI is InChI=1S/C15H17ClN2O2S/c1-10(2)18-15(14(20-3)8-17-18)13(19)9-21-12-6-4-5-11(16)7-12/h4-8,10H,9H2,1-3H3. The third-order valence-electron chi connectivity index (χ3n) is 2.90. The zero-order chi connectivity index (χ0) is 15.4. The summed E-state index contributed by atoms with van der Waals surface area (Å²) in [6, 6.07) is 7.55. The first-order valence-corrected chi connectivity index (χ1v) is 7.92. The van der Waals surface area contributed by atoms with Gasteiger partial charge >= 0.3 is 0 Å². The molecule has 0 saturated carbocycles. The Hall–Kier alpha value is -1.46. The molecule has 0 spiro atoms. The topological polar surface area (TPSA) is 44.1 Å². The Morgan fingerprint density at radius 2 is 2.24 bits per heavy atom. The minimum Gasteiger partial charge on any atom is -0.493 e. The lowest BCUT2D eigenvalue weighted by atomic mass is 10.2. The monoisotopic (exact) mass is 324 g/mol. The Labute approximate surface area is 133 Å². The van der Waals surface area contributed by atoms with Crippen LogP contribution >= 0.6 is 23.4 Å². The fraction of sp³-hybridized carbons (Fsp3) is 0.333. The first-order chi connectivity index (χ1) is 10.0. The van der Waals surface area contributed by atoms with Crippen LogP contribution in [0.3, 0.4) is 0 Å². The van der Waals surface area contributed by atoms with Crippen LogP contribution in [-0.2, 0) is 0 Å². The Bertz CT molecular complexity index is 640. The molecule has 1 aromatic carbocycles. The molecule has 4 nitrogen and oxygen atoms in total. The number of ketones is 1. The smallest absolute Gasteiger partial charge is 0.194 e. The summed E-state index contributed by atoms with van der Waals surface area (Å²) in [6.07, 6.45) is 1.58. The van der Waals surface area contributed by atoms with Crippen molar-refractivity contribution in [1.82, 2.24) is 9.78 Å². The van der Waals surface area contributed by atoms with E-state index < -0.39 is 0 Å². The van der Waals surface area contributed by atoms with Crippen molar-refractivity contribution in [3.8, 4) is 5.75 Å². The van der Waals surface area contributed by atoms with Gasteiger partial charge in [-0.15, -0.1) is 11.8 Å². The highest BCUT2D eigenvalue weighted by molar-refractivity contribution is 8.00. The van der Waals surface area contributed by atoms with Crippen molar-refractivity contribution in [3.63, 3.8) is 0 Å². The fourth-order valence-electron chi connectivity index (χ4n) is 1.93. The van der Waals surface area contributed by atoms with Crippen LogP contribution in [0.15, 0.2) is 35.4 Å². The third-order valence-corrected chi connectivity index (χ3v) is 4.13. The number of Topliss-reactive ketones (excluding diaryl/α,β-unsaturated/α-hetero) is 1. The van der Waals surface area contributed by atoms with Crippen LogP contribution in [0.1, 0.15) is 30.4 Å². The van der Waals surface area contributed by atoms with E-state index in [9.17, 15) is 4.79 Å². The van der Waals surface area contributed by atoms with Crippen molar-refractivity contribution in [2.45, 2.75) is 24.8 Å². The molecule has 0 amide bonds. The molecule has 112 valence electrons. The lowest BCUT2D eigenvalue weighted by molar-refractivity contribution is 0.100. The van der Waals surface area contributed by atoms with E-state index in [1.165, 1.54) is 11.8 Å². The molecule has 0 fully saturated rings. The number of benzene rings is 1. The van der Waals surface area contributed by atoms with E-state index in [0.29, 0.717) is 22.2 Å². The molecule has 0 aliphatic carbocycles. The molecule has 0 unspecified atom stereocenters. The van der Waals surface area contributed by atoms with E-state index in [1.807, 2.05) is 38.1 Å². The first-order valence-electron chi connectivity index (χ1n) is 6.56. The van der Waals surface area contributed by atoms with Crippen LogP contribution in [-0.4, -0.2) is 28.4 Å². The number of nitrogens with zero attached hydrogens (tertiary/aromatic N) is 2. The molecule has 2 aromatic rings. The molecule has 0 atom stereocenters. The Morgan fingerprint density at radius 1 is 1.48 bits per heavy atom. The number of aromatic nitrogens is 2. The minimum atomic E-state index is -0.0111. The second kappa shape index (κ2) is 7.00. The van der Waals surface area contributed by atoms with Crippen molar-refractivity contribution in [1.29, 1.82) is 0 Å². The van der Waals surface area contributed by atoms with Crippen molar-refractivity contribution < 1.29 is 9.53 Å². The highest BCUT2D eigenvalue weighted by atomic mass is 35.5. The number of carbonyl (C=O) groups excluding carboxylic acids is 1. The van der Waals surface area contributed by atoms with E-state index in [4.69, 9.17) is 16.3 Å². The van der Waals surface area contributed by atoms with Gasteiger partial charge in [0.1, 0.15) is 5.69 Å². The summed E-state index contributed by atoms with van der Waals surface area (Å²) < 4.78 is 6.93. The summed E-state index contributed by atoms with van der Waals surface area (Å²) in [5, 5.41) is 4.88. The first kappa shape index (κ1) is 15.9. The van der Waals surface area contributed by atoms with Gasteiger partial charge in [0.25, 0.3) is 0 Å². The SMILES string of the molecule is COc1cnn(C(C)C)c1C(=O)CSc1cccc(Cl)c1. The van der Waals surface area contributed by atoms with E-state index >= 15 is 0 Å². The normalized spacial score (nSPS) is 10.9. The van der Waals surface area contributed by atoms with Gasteiger partial charge in [-0.1, -0.05) is 17.7 Å². The highest BCUT2D eigenvalue weighted by Gasteiger charge is 2.21. The molecule has 0 bridgehead atoms. The van der Waals surface area contributed by atoms with Crippen LogP contribution in [0.2, 0.25) is 5.02 Å². The summed E-state index contributed by atoms with van der Waals surface area (Å²) in [5.41, 5.74) is 0.516. The van der Waals surface area contributed by atoms with E-state index in [-0.39, 0.29) is 11.8 Å². The maximum absolute atomic E-state index is 12.5. The lowest BCUT2D eigenvalue weighted by Crippen LogP contribution is -2.15. The average molecular weight is 325 g/mol. The summed E-state index contributed by atoms with van der Waals surface area (Å²) in [5.74, 6) is 0.818. The number of halogens is 1. The third kappa shape index (κ3) is 3.80. The van der Waals surface area contributed by atoms with Crippen LogP contribution in [0, 0.1) is 0 Å². The predicted molar refractivity (Wildman–Crippen MR) is 85.7 cm³/mol. The van der Waals surface area contributed by atoms with Gasteiger partial charge in [0.05, 0.1) is 19.1 Å². The van der Waals surface area contributed by atoms with Gasteiger partial charge in [-0.3, -0.25) is 9.48 Å². The number of ether oxygens (including phenoxy) is 1. The van der Waals surface area contributed by atoms with Gasteiger partial charge in [-0.2, -0.15) is 5.10 Å². The van der Waals surface area contributed by atoms with Crippen molar-refractivity contribution in [3.05, 3.63) is 41.2 Å². The van der Waals surface area contributed by atoms with Gasteiger partial charge < -0.3 is 4.74 Å². The second-order valence-electron chi connectivity index (χ2n) is 4.77. The maximum Gasteiger partial charge on any atom is 0.194 e. The summed E-state index contributed by atoms with van der Waals surface area (Å²) >= 11 is 7.39. The lowest BCUT2D eigenvalue weighted by Gasteiger charge is -2.11. The Morgan fingerprint density at radius 3 is 2.86 bits per heavy atom. The molecule has 0 aliphatic rings. The van der Waals surface area contributed by atoms with Crippen molar-refractivity contribution in [2.24, 2.45) is 0 Å². The fourth-order valence-corrected chi connectivity index (χ4v) is 3.00. The van der Waals surface area contributed by atoms with Gasteiger partial charge in [-0.25, -0.2) is 0 Å². The maximum atomic E-state index is 12.5. The summed E-state index contributed by atoms with van der Waals surface area (Å²) in [7, 11) is 1.54. The molecule has 6 heteroatoms. The molecule has 0 aliphatic heterocycles.